The van der Waals surface area contributed by atoms with Crippen molar-refractivity contribution >= 4 is 23.3 Å². The molecule has 0 unspecified atom stereocenters. The van der Waals surface area contributed by atoms with E-state index in [-0.39, 0.29) is 18.3 Å². The van der Waals surface area contributed by atoms with Gasteiger partial charge in [-0.3, -0.25) is 9.59 Å². The van der Waals surface area contributed by atoms with Crippen LogP contribution in [0.2, 0.25) is 0 Å². The smallest absolute Gasteiger partial charge is 0.340 e. The van der Waals surface area contributed by atoms with Crippen LogP contribution in [0.1, 0.15) is 50.2 Å². The molecule has 5 nitrogen and oxygen atoms in total. The Bertz CT molecular complexity index is 893. The molecule has 0 atom stereocenters. The van der Waals surface area contributed by atoms with Crippen molar-refractivity contribution in [1.29, 1.82) is 0 Å². The zero-order chi connectivity index (χ0) is 19.6. The predicted octanol–water partition coefficient (Wildman–Crippen LogP) is 3.78. The fourth-order valence-electron chi connectivity index (χ4n) is 3.69. The molecule has 2 aromatic rings. The van der Waals surface area contributed by atoms with Crippen molar-refractivity contribution in [3.63, 3.8) is 0 Å². The van der Waals surface area contributed by atoms with Crippen molar-refractivity contribution in [2.75, 3.05) is 18.1 Å². The summed E-state index contributed by atoms with van der Waals surface area (Å²) in [6.45, 7) is 5.99. The lowest BCUT2D eigenvalue weighted by atomic mass is 9.97. The summed E-state index contributed by atoms with van der Waals surface area (Å²) in [5, 5.41) is 0. The van der Waals surface area contributed by atoms with Crippen LogP contribution in [0.4, 0.5) is 5.69 Å². The molecule has 0 bridgehead atoms. The zero-order valence-corrected chi connectivity index (χ0v) is 15.9. The molecular formula is C22H23NO4. The lowest BCUT2D eigenvalue weighted by molar-refractivity contribution is -0.117. The number of carbonyl (C=O) groups excluding carboxylic acids is 3. The van der Waals surface area contributed by atoms with Crippen LogP contribution >= 0.6 is 0 Å². The fraction of sp³-hybridized carbons (Fsp3) is 0.318. The standard InChI is InChI=1S/C22H23NO4/c1-14-11-15(2)21(16(3)12-14)19(24)13-27-22(26)17-7-4-5-8-18(17)23-10-6-9-20(23)25/h4-5,7-8,11-12H,6,9-10,13H2,1-3H3. The number of rotatable bonds is 5. The number of aryl methyl sites for hydroxylation is 3. The highest BCUT2D eigenvalue weighted by molar-refractivity contribution is 6.05. The van der Waals surface area contributed by atoms with Crippen molar-refractivity contribution in [3.05, 3.63) is 64.2 Å². The summed E-state index contributed by atoms with van der Waals surface area (Å²) < 4.78 is 5.29. The molecule has 1 saturated heterocycles. The van der Waals surface area contributed by atoms with E-state index in [0.29, 0.717) is 29.8 Å². The molecule has 140 valence electrons. The molecule has 27 heavy (non-hydrogen) atoms. The number of esters is 1. The van der Waals surface area contributed by atoms with Gasteiger partial charge in [0.15, 0.2) is 6.61 Å². The van der Waals surface area contributed by atoms with E-state index >= 15 is 0 Å². The molecule has 1 amide bonds. The van der Waals surface area contributed by atoms with E-state index in [1.807, 2.05) is 32.9 Å². The van der Waals surface area contributed by atoms with Crippen LogP contribution in [0.3, 0.4) is 0 Å². The largest absolute Gasteiger partial charge is 0.454 e. The number of anilines is 1. The lowest BCUT2D eigenvalue weighted by Crippen LogP contribution is -2.26. The number of ketones is 1. The first-order chi connectivity index (χ1) is 12.9. The minimum atomic E-state index is -0.596. The summed E-state index contributed by atoms with van der Waals surface area (Å²) in [5.41, 5.74) is 4.27. The maximum absolute atomic E-state index is 12.6. The number of benzene rings is 2. The van der Waals surface area contributed by atoms with Crippen molar-refractivity contribution in [2.45, 2.75) is 33.6 Å². The second-order valence-corrected chi connectivity index (χ2v) is 6.94. The highest BCUT2D eigenvalue weighted by Gasteiger charge is 2.26. The first kappa shape index (κ1) is 18.8. The summed E-state index contributed by atoms with van der Waals surface area (Å²) >= 11 is 0. The van der Waals surface area contributed by atoms with Gasteiger partial charge in [-0.15, -0.1) is 0 Å². The van der Waals surface area contributed by atoms with Crippen molar-refractivity contribution in [3.8, 4) is 0 Å². The van der Waals surface area contributed by atoms with Gasteiger partial charge >= 0.3 is 5.97 Å². The van der Waals surface area contributed by atoms with Crippen LogP contribution in [-0.4, -0.2) is 30.8 Å². The minimum absolute atomic E-state index is 0.00256. The van der Waals surface area contributed by atoms with Crippen molar-refractivity contribution in [1.82, 2.24) is 0 Å². The summed E-state index contributed by atoms with van der Waals surface area (Å²) in [4.78, 5) is 38.8. The number of nitrogens with zero attached hydrogens (tertiary/aromatic N) is 1. The molecule has 1 heterocycles. The molecule has 0 radical (unpaired) electrons. The molecule has 0 aromatic heterocycles. The van der Waals surface area contributed by atoms with Gasteiger partial charge in [-0.2, -0.15) is 0 Å². The molecular weight excluding hydrogens is 342 g/mol. The minimum Gasteiger partial charge on any atom is -0.454 e. The van der Waals surface area contributed by atoms with E-state index in [0.717, 1.165) is 23.1 Å². The molecule has 1 aliphatic rings. The van der Waals surface area contributed by atoms with Gasteiger partial charge in [0.25, 0.3) is 0 Å². The summed E-state index contributed by atoms with van der Waals surface area (Å²) in [6, 6.07) is 10.7. The third-order valence-corrected chi connectivity index (χ3v) is 4.78. The number of Topliss-reactive ketones (excluding diaryl/α,β-unsaturated/α-hetero) is 1. The van der Waals surface area contributed by atoms with Crippen molar-refractivity contribution in [2.24, 2.45) is 0 Å². The first-order valence-corrected chi connectivity index (χ1v) is 9.06. The van der Waals surface area contributed by atoms with E-state index in [9.17, 15) is 14.4 Å². The average molecular weight is 365 g/mol. The number of hydrogen-bond acceptors (Lipinski definition) is 4. The van der Waals surface area contributed by atoms with E-state index < -0.39 is 5.97 Å². The summed E-state index contributed by atoms with van der Waals surface area (Å²) in [7, 11) is 0. The third-order valence-electron chi connectivity index (χ3n) is 4.78. The maximum atomic E-state index is 12.6. The van der Waals surface area contributed by atoms with Crippen LogP contribution < -0.4 is 4.90 Å². The number of carbonyl (C=O) groups is 3. The Morgan fingerprint density at radius 2 is 1.74 bits per heavy atom. The second kappa shape index (κ2) is 7.74. The van der Waals surface area contributed by atoms with Crippen LogP contribution in [0.25, 0.3) is 0 Å². The van der Waals surface area contributed by atoms with Gasteiger partial charge in [0.2, 0.25) is 11.7 Å². The van der Waals surface area contributed by atoms with Crippen molar-refractivity contribution < 1.29 is 19.1 Å². The van der Waals surface area contributed by atoms with Crippen LogP contribution in [0, 0.1) is 20.8 Å². The number of amides is 1. The van der Waals surface area contributed by atoms with E-state index in [1.54, 1.807) is 29.2 Å². The predicted molar refractivity (Wildman–Crippen MR) is 103 cm³/mol. The van der Waals surface area contributed by atoms with Gasteiger partial charge in [-0.1, -0.05) is 29.8 Å². The van der Waals surface area contributed by atoms with Gasteiger partial charge < -0.3 is 9.64 Å². The van der Waals surface area contributed by atoms with Gasteiger partial charge in [0, 0.05) is 18.5 Å². The lowest BCUT2D eigenvalue weighted by Gasteiger charge is -2.19. The molecule has 5 heteroatoms. The number of hydrogen-bond donors (Lipinski definition) is 0. The second-order valence-electron chi connectivity index (χ2n) is 6.94. The molecule has 3 rings (SSSR count). The normalized spacial score (nSPS) is 13.7. The molecule has 0 aliphatic carbocycles. The number of ether oxygens (including phenoxy) is 1. The Balaban J connectivity index is 1.76. The molecule has 0 saturated carbocycles. The van der Waals surface area contributed by atoms with E-state index in [2.05, 4.69) is 0 Å². The molecule has 2 aromatic carbocycles. The fourth-order valence-corrected chi connectivity index (χ4v) is 3.69. The highest BCUT2D eigenvalue weighted by Crippen LogP contribution is 2.26. The number of para-hydroxylation sites is 1. The molecule has 1 fully saturated rings. The SMILES string of the molecule is Cc1cc(C)c(C(=O)COC(=O)c2ccccc2N2CCCC2=O)c(C)c1. The Labute approximate surface area is 158 Å². The van der Waals surface area contributed by atoms with E-state index in [4.69, 9.17) is 4.74 Å². The Kier molecular flexibility index (Phi) is 5.40. The van der Waals surface area contributed by atoms with Gasteiger partial charge in [0.05, 0.1) is 11.3 Å². The Morgan fingerprint density at radius 3 is 2.37 bits per heavy atom. The quantitative estimate of drug-likeness (QED) is 0.597. The van der Waals surface area contributed by atoms with Crippen LogP contribution in [0.5, 0.6) is 0 Å². The summed E-state index contributed by atoms with van der Waals surface area (Å²) in [6.07, 6.45) is 1.25. The van der Waals surface area contributed by atoms with Crippen LogP contribution in [0.15, 0.2) is 36.4 Å². The average Bonchev–Trinajstić information content (AvgIpc) is 3.04. The maximum Gasteiger partial charge on any atom is 0.340 e. The topological polar surface area (TPSA) is 63.7 Å². The summed E-state index contributed by atoms with van der Waals surface area (Å²) in [5.74, 6) is -0.827. The van der Waals surface area contributed by atoms with Gasteiger partial charge in [0.1, 0.15) is 0 Å². The van der Waals surface area contributed by atoms with E-state index in [1.165, 1.54) is 0 Å². The molecule has 1 aliphatic heterocycles. The molecule has 0 spiro atoms. The van der Waals surface area contributed by atoms with Gasteiger partial charge in [-0.05, 0) is 50.5 Å². The zero-order valence-electron chi connectivity index (χ0n) is 15.9. The molecule has 0 N–H and O–H groups in total. The monoisotopic (exact) mass is 365 g/mol. The first-order valence-electron chi connectivity index (χ1n) is 9.06. The Morgan fingerprint density at radius 1 is 1.07 bits per heavy atom. The highest BCUT2D eigenvalue weighted by atomic mass is 16.5. The van der Waals surface area contributed by atoms with Crippen LogP contribution in [-0.2, 0) is 9.53 Å². The third kappa shape index (κ3) is 3.92. The Hall–Kier alpha value is -2.95. The van der Waals surface area contributed by atoms with Gasteiger partial charge in [-0.25, -0.2) is 4.79 Å².